The second kappa shape index (κ2) is 2.92. The van der Waals surface area contributed by atoms with Crippen molar-refractivity contribution in [1.29, 1.82) is 0 Å². The van der Waals surface area contributed by atoms with Gasteiger partial charge in [0.2, 0.25) is 0 Å². The quantitative estimate of drug-likeness (QED) is 0.708. The number of aromatic amines is 1. The van der Waals surface area contributed by atoms with Crippen LogP contribution in [0.1, 0.15) is 5.56 Å². The lowest BCUT2D eigenvalue weighted by Crippen LogP contribution is -2.08. The predicted octanol–water partition coefficient (Wildman–Crippen LogP) is 1.39. The summed E-state index contributed by atoms with van der Waals surface area (Å²) in [5.74, 6) is 0. The molecule has 2 heterocycles. The zero-order chi connectivity index (χ0) is 9.42. The normalized spacial score (nSPS) is 10.6. The van der Waals surface area contributed by atoms with Crippen LogP contribution in [0.25, 0.3) is 11.0 Å². The molecule has 13 heavy (non-hydrogen) atoms. The van der Waals surface area contributed by atoms with Gasteiger partial charge in [-0.25, -0.2) is 9.97 Å². The number of H-pyrrole nitrogens is 1. The number of fused-ring (bicyclic) bond motifs is 1. The van der Waals surface area contributed by atoms with Crippen LogP contribution in [0.3, 0.4) is 0 Å². The largest absolute Gasteiger partial charge is 0.311 e. The van der Waals surface area contributed by atoms with Crippen LogP contribution in [-0.4, -0.2) is 15.0 Å². The van der Waals surface area contributed by atoms with Gasteiger partial charge in [-0.3, -0.25) is 4.79 Å². The topological polar surface area (TPSA) is 58.6 Å². The van der Waals surface area contributed by atoms with Crippen molar-refractivity contribution in [2.75, 3.05) is 0 Å². The van der Waals surface area contributed by atoms with E-state index in [-0.39, 0.29) is 5.56 Å². The van der Waals surface area contributed by atoms with Crippen molar-refractivity contribution in [1.82, 2.24) is 15.0 Å². The van der Waals surface area contributed by atoms with Gasteiger partial charge in [-0.1, -0.05) is 0 Å². The monoisotopic (exact) mass is 239 g/mol. The molecule has 0 aliphatic heterocycles. The Hall–Kier alpha value is -1.23. The summed E-state index contributed by atoms with van der Waals surface area (Å²) in [5, 5.41) is 0. The molecule has 0 saturated carbocycles. The minimum absolute atomic E-state index is 0.217. The predicted molar refractivity (Wildman–Crippen MR) is 52.6 cm³/mol. The van der Waals surface area contributed by atoms with Gasteiger partial charge >= 0.3 is 0 Å². The Morgan fingerprint density at radius 3 is 3.08 bits per heavy atom. The zero-order valence-electron chi connectivity index (χ0n) is 6.84. The molecule has 0 amide bonds. The summed E-state index contributed by atoms with van der Waals surface area (Å²) in [5.41, 5.74) is 1.72. The summed E-state index contributed by atoms with van der Waals surface area (Å²) in [6.45, 7) is 1.90. The summed E-state index contributed by atoms with van der Waals surface area (Å²) in [6.07, 6.45) is 1.37. The van der Waals surface area contributed by atoms with Crippen molar-refractivity contribution >= 4 is 27.0 Å². The first kappa shape index (κ1) is 8.37. The van der Waals surface area contributed by atoms with Crippen molar-refractivity contribution in [3.05, 3.63) is 32.9 Å². The van der Waals surface area contributed by atoms with Crippen molar-refractivity contribution < 1.29 is 0 Å². The van der Waals surface area contributed by atoms with E-state index in [9.17, 15) is 4.79 Å². The molecule has 0 spiro atoms. The van der Waals surface area contributed by atoms with E-state index in [1.54, 1.807) is 0 Å². The maximum absolute atomic E-state index is 11.3. The minimum atomic E-state index is -0.217. The molecule has 2 aromatic rings. The smallest absolute Gasteiger partial charge is 0.277 e. The molecule has 5 heteroatoms. The van der Waals surface area contributed by atoms with Crippen LogP contribution in [0, 0.1) is 6.92 Å². The van der Waals surface area contributed by atoms with Crippen molar-refractivity contribution in [3.63, 3.8) is 0 Å². The standard InChI is InChI=1S/C8H6BrN3O/c1-4-2-5-6(12-7(4)9)8(13)11-3-10-5/h2-3H,1H3,(H,10,11,13). The third kappa shape index (κ3) is 1.35. The van der Waals surface area contributed by atoms with E-state index in [4.69, 9.17) is 0 Å². The Bertz CT molecular complexity index is 520. The van der Waals surface area contributed by atoms with Crippen LogP contribution in [0.4, 0.5) is 0 Å². The number of rotatable bonds is 0. The number of nitrogens with one attached hydrogen (secondary N) is 1. The molecule has 0 saturated heterocycles. The maximum Gasteiger partial charge on any atom is 0.277 e. The maximum atomic E-state index is 11.3. The molecule has 0 radical (unpaired) electrons. The molecule has 0 unspecified atom stereocenters. The Balaban J connectivity index is 2.97. The van der Waals surface area contributed by atoms with Gasteiger partial charge in [-0.2, -0.15) is 0 Å². The van der Waals surface area contributed by atoms with Gasteiger partial charge in [0.1, 0.15) is 4.60 Å². The number of halogens is 1. The molecule has 0 aliphatic rings. The molecule has 1 N–H and O–H groups in total. The van der Waals surface area contributed by atoms with E-state index in [0.717, 1.165) is 5.56 Å². The highest BCUT2D eigenvalue weighted by atomic mass is 79.9. The minimum Gasteiger partial charge on any atom is -0.311 e. The van der Waals surface area contributed by atoms with Gasteiger partial charge in [-0.15, -0.1) is 0 Å². The highest BCUT2D eigenvalue weighted by molar-refractivity contribution is 9.10. The molecular weight excluding hydrogens is 234 g/mol. The molecule has 0 bridgehead atoms. The van der Waals surface area contributed by atoms with Crippen LogP contribution < -0.4 is 5.56 Å². The van der Waals surface area contributed by atoms with Gasteiger partial charge in [0.15, 0.2) is 5.52 Å². The van der Waals surface area contributed by atoms with E-state index >= 15 is 0 Å². The van der Waals surface area contributed by atoms with Crippen molar-refractivity contribution in [2.45, 2.75) is 6.92 Å². The molecule has 0 atom stereocenters. The summed E-state index contributed by atoms with van der Waals surface area (Å²) in [6, 6.07) is 1.82. The molecule has 2 aromatic heterocycles. The molecule has 2 rings (SSSR count). The fourth-order valence-corrected chi connectivity index (χ4v) is 1.36. The Morgan fingerprint density at radius 2 is 2.31 bits per heavy atom. The lowest BCUT2D eigenvalue weighted by Gasteiger charge is -1.98. The highest BCUT2D eigenvalue weighted by Gasteiger charge is 2.03. The average Bonchev–Trinajstić information content (AvgIpc) is 2.09. The molecule has 0 aliphatic carbocycles. The average molecular weight is 240 g/mol. The first-order valence-electron chi connectivity index (χ1n) is 3.69. The molecule has 66 valence electrons. The highest BCUT2D eigenvalue weighted by Crippen LogP contribution is 2.15. The van der Waals surface area contributed by atoms with E-state index in [1.807, 2.05) is 13.0 Å². The number of aromatic nitrogens is 3. The van der Waals surface area contributed by atoms with E-state index in [1.165, 1.54) is 6.33 Å². The van der Waals surface area contributed by atoms with Gasteiger partial charge < -0.3 is 4.98 Å². The molecule has 4 nitrogen and oxygen atoms in total. The van der Waals surface area contributed by atoms with Gasteiger partial charge in [0, 0.05) is 0 Å². The number of pyridine rings is 1. The van der Waals surface area contributed by atoms with E-state index < -0.39 is 0 Å². The van der Waals surface area contributed by atoms with Crippen LogP contribution in [-0.2, 0) is 0 Å². The number of nitrogens with zero attached hydrogens (tertiary/aromatic N) is 2. The molecule has 0 fully saturated rings. The summed E-state index contributed by atoms with van der Waals surface area (Å²) >= 11 is 3.26. The third-order valence-corrected chi connectivity index (χ3v) is 2.55. The Morgan fingerprint density at radius 1 is 1.54 bits per heavy atom. The second-order valence-electron chi connectivity index (χ2n) is 2.70. The lowest BCUT2D eigenvalue weighted by molar-refractivity contribution is 1.13. The van der Waals surface area contributed by atoms with Crippen molar-refractivity contribution in [2.24, 2.45) is 0 Å². The number of hydrogen-bond donors (Lipinski definition) is 1. The van der Waals surface area contributed by atoms with Crippen LogP contribution in [0.15, 0.2) is 21.8 Å². The third-order valence-electron chi connectivity index (χ3n) is 1.75. The first-order valence-corrected chi connectivity index (χ1v) is 4.48. The SMILES string of the molecule is Cc1cc2nc[nH]c(=O)c2nc1Br. The van der Waals surface area contributed by atoms with Crippen LogP contribution in [0.5, 0.6) is 0 Å². The van der Waals surface area contributed by atoms with Crippen LogP contribution >= 0.6 is 15.9 Å². The molecular formula is C8H6BrN3O. The van der Waals surface area contributed by atoms with Gasteiger partial charge in [-0.05, 0) is 34.5 Å². The van der Waals surface area contributed by atoms with Gasteiger partial charge in [0.25, 0.3) is 5.56 Å². The summed E-state index contributed by atoms with van der Waals surface area (Å²) < 4.78 is 0.679. The number of aryl methyl sites for hydroxylation is 1. The van der Waals surface area contributed by atoms with E-state index in [0.29, 0.717) is 15.6 Å². The lowest BCUT2D eigenvalue weighted by atomic mass is 10.3. The Kier molecular flexibility index (Phi) is 1.88. The number of hydrogen-bond acceptors (Lipinski definition) is 3. The Labute approximate surface area is 82.2 Å². The zero-order valence-corrected chi connectivity index (χ0v) is 8.42. The second-order valence-corrected chi connectivity index (χ2v) is 3.45. The fraction of sp³-hybridized carbons (Fsp3) is 0.125. The van der Waals surface area contributed by atoms with Gasteiger partial charge in [0.05, 0.1) is 11.8 Å². The van der Waals surface area contributed by atoms with E-state index in [2.05, 4.69) is 30.9 Å². The fourth-order valence-electron chi connectivity index (χ4n) is 1.07. The summed E-state index contributed by atoms with van der Waals surface area (Å²) in [7, 11) is 0. The van der Waals surface area contributed by atoms with Crippen molar-refractivity contribution in [3.8, 4) is 0 Å². The summed E-state index contributed by atoms with van der Waals surface area (Å²) in [4.78, 5) is 21.8. The molecule has 0 aromatic carbocycles. The first-order chi connectivity index (χ1) is 6.18. The van der Waals surface area contributed by atoms with Crippen LogP contribution in [0.2, 0.25) is 0 Å².